The third-order valence-electron chi connectivity index (χ3n) is 9.50. The SMILES string of the molecule is c1ccc(P(P(c2ccccc2)[As](c2ccccc2)(c2ccccc2)c2ccccc2)[As](c2ccccc2)(c2ccccc2)c2ccccc2)cc1. The molecule has 4 heteroatoms. The van der Waals surface area contributed by atoms with E-state index in [-0.39, 0.29) is 0 Å². The van der Waals surface area contributed by atoms with Crippen LogP contribution in [0.5, 0.6) is 0 Å². The van der Waals surface area contributed by atoms with Crippen LogP contribution in [0.4, 0.5) is 0 Å². The van der Waals surface area contributed by atoms with Crippen molar-refractivity contribution in [2.75, 3.05) is 0 Å². The Kier molecular flexibility index (Phi) is 10.8. The van der Waals surface area contributed by atoms with Crippen LogP contribution >= 0.6 is 12.3 Å². The van der Waals surface area contributed by atoms with Gasteiger partial charge in [0.25, 0.3) is 0 Å². The molecule has 2 atom stereocenters. The fraction of sp³-hybridized carbons (Fsp3) is 0. The quantitative estimate of drug-likeness (QED) is 0.0922. The van der Waals surface area contributed by atoms with Crippen LogP contribution in [0.15, 0.2) is 243 Å². The molecule has 0 bridgehead atoms. The predicted molar refractivity (Wildman–Crippen MR) is 234 cm³/mol. The first-order chi connectivity index (χ1) is 25.8. The molecule has 0 spiro atoms. The van der Waals surface area contributed by atoms with Crippen LogP contribution in [-0.4, -0.2) is 26.2 Å². The Balaban J connectivity index is 1.64. The second-order valence-electron chi connectivity index (χ2n) is 12.5. The molecule has 8 rings (SSSR count). The molecule has 0 amide bonds. The summed E-state index contributed by atoms with van der Waals surface area (Å²) in [5.41, 5.74) is 0. The molecule has 252 valence electrons. The molecule has 8 aromatic carbocycles. The van der Waals surface area contributed by atoms with Gasteiger partial charge in [0.05, 0.1) is 0 Å². The number of hydrogen-bond donors (Lipinski definition) is 0. The second-order valence-corrected chi connectivity index (χ2v) is 44.3. The molecular weight excluding hydrogens is 788 g/mol. The van der Waals surface area contributed by atoms with E-state index in [0.29, 0.717) is 0 Å². The maximum atomic E-state index is 2.47. The first-order valence-electron chi connectivity index (χ1n) is 17.7. The van der Waals surface area contributed by atoms with Gasteiger partial charge in [-0.25, -0.2) is 0 Å². The van der Waals surface area contributed by atoms with E-state index in [1.165, 1.54) is 36.7 Å². The maximum absolute atomic E-state index is 3.49. The molecule has 2 unspecified atom stereocenters. The zero-order chi connectivity index (χ0) is 35.1. The molecule has 0 nitrogen and oxygen atoms in total. The van der Waals surface area contributed by atoms with E-state index in [9.17, 15) is 0 Å². The third kappa shape index (κ3) is 6.38. The fourth-order valence-electron chi connectivity index (χ4n) is 7.36. The van der Waals surface area contributed by atoms with Crippen LogP contribution in [0.1, 0.15) is 0 Å². The molecular formula is C48H40As2P2. The first kappa shape index (κ1) is 34.8. The van der Waals surface area contributed by atoms with Crippen molar-refractivity contribution in [3.05, 3.63) is 243 Å². The average Bonchev–Trinajstić information content (AvgIpc) is 3.25. The zero-order valence-corrected chi connectivity index (χ0v) is 34.4. The number of rotatable bonds is 11. The van der Waals surface area contributed by atoms with Gasteiger partial charge >= 0.3 is 318 Å². The predicted octanol–water partition coefficient (Wildman–Crippen LogP) is 7.85. The van der Waals surface area contributed by atoms with Crippen molar-refractivity contribution in [1.29, 1.82) is 0 Å². The molecule has 0 saturated heterocycles. The van der Waals surface area contributed by atoms with Crippen molar-refractivity contribution in [2.24, 2.45) is 0 Å². The van der Waals surface area contributed by atoms with Gasteiger partial charge < -0.3 is 0 Å². The monoisotopic (exact) mass is 828 g/mol. The van der Waals surface area contributed by atoms with Crippen LogP contribution in [0, 0.1) is 0 Å². The zero-order valence-electron chi connectivity index (χ0n) is 28.9. The van der Waals surface area contributed by atoms with E-state index in [4.69, 9.17) is 0 Å². The van der Waals surface area contributed by atoms with Crippen molar-refractivity contribution in [2.45, 2.75) is 0 Å². The van der Waals surface area contributed by atoms with E-state index >= 15 is 0 Å². The van der Waals surface area contributed by atoms with Crippen LogP contribution in [-0.2, 0) is 0 Å². The Labute approximate surface area is 315 Å². The normalized spacial score (nSPS) is 12.8. The topological polar surface area (TPSA) is 0 Å². The molecule has 0 aromatic heterocycles. The standard InChI is InChI=1S/C48H40As2P2/c1-9-25-41(26-10-1)49(42-27-11-2-12-28-42,43-29-13-3-14-30-43)51(47-37-21-7-22-38-47)52(48-39-23-8-24-40-48)50(44-31-15-4-16-32-44,45-33-17-5-18-34-45)46-35-19-6-20-36-46/h1-40H. The minimum atomic E-state index is -3.49. The van der Waals surface area contributed by atoms with E-state index in [1.54, 1.807) is 0 Å². The summed E-state index contributed by atoms with van der Waals surface area (Å²) in [6.07, 6.45) is -1.84. The van der Waals surface area contributed by atoms with Gasteiger partial charge in [-0.15, -0.1) is 0 Å². The Bertz CT molecular complexity index is 1910. The van der Waals surface area contributed by atoms with Gasteiger partial charge in [-0.2, -0.15) is 0 Å². The summed E-state index contributed by atoms with van der Waals surface area (Å²) < 4.78 is 9.00. The number of hydrogen-bond acceptors (Lipinski definition) is 0. The van der Waals surface area contributed by atoms with Gasteiger partial charge in [0, 0.05) is 0 Å². The second kappa shape index (κ2) is 16.2. The molecule has 0 heterocycles. The molecule has 0 fully saturated rings. The van der Waals surface area contributed by atoms with Gasteiger partial charge in [-0.3, -0.25) is 0 Å². The van der Waals surface area contributed by atoms with E-state index in [1.807, 2.05) is 0 Å². The van der Waals surface area contributed by atoms with Gasteiger partial charge in [0.2, 0.25) is 0 Å². The summed E-state index contributed by atoms with van der Waals surface area (Å²) in [5, 5.41) is 2.98. The summed E-state index contributed by atoms with van der Waals surface area (Å²) in [5.74, 6) is 0. The van der Waals surface area contributed by atoms with Gasteiger partial charge in [-0.05, 0) is 0 Å². The average molecular weight is 829 g/mol. The molecule has 8 aromatic rings. The molecule has 0 aliphatic heterocycles. The van der Waals surface area contributed by atoms with Crippen LogP contribution in [0.2, 0.25) is 0 Å². The van der Waals surface area contributed by atoms with Gasteiger partial charge in [0.15, 0.2) is 0 Å². The van der Waals surface area contributed by atoms with Crippen LogP contribution < -0.4 is 36.7 Å². The Hall–Kier alpha value is -4.26. The Morgan fingerprint density at radius 3 is 0.519 bits per heavy atom. The summed E-state index contributed by atoms with van der Waals surface area (Å²) in [4.78, 5) is 0. The summed E-state index contributed by atoms with van der Waals surface area (Å²) >= 11 is -6.97. The molecule has 0 aliphatic carbocycles. The Morgan fingerprint density at radius 1 is 0.192 bits per heavy atom. The number of benzene rings is 8. The van der Waals surface area contributed by atoms with Crippen molar-refractivity contribution >= 4 is 75.2 Å². The summed E-state index contributed by atoms with van der Waals surface area (Å²) in [6.45, 7) is 0. The van der Waals surface area contributed by atoms with Crippen molar-refractivity contribution in [3.63, 3.8) is 0 Å². The first-order valence-corrected chi connectivity index (χ1v) is 31.6. The molecule has 0 aliphatic rings. The van der Waals surface area contributed by atoms with Crippen molar-refractivity contribution in [3.8, 4) is 0 Å². The van der Waals surface area contributed by atoms with Crippen LogP contribution in [0.25, 0.3) is 0 Å². The van der Waals surface area contributed by atoms with Gasteiger partial charge in [-0.1, -0.05) is 0 Å². The van der Waals surface area contributed by atoms with Crippen molar-refractivity contribution < 1.29 is 0 Å². The molecule has 52 heavy (non-hydrogen) atoms. The third-order valence-corrected chi connectivity index (χ3v) is 66.5. The van der Waals surface area contributed by atoms with E-state index < -0.39 is 38.5 Å². The van der Waals surface area contributed by atoms with E-state index in [2.05, 4.69) is 243 Å². The molecule has 0 saturated carbocycles. The Morgan fingerprint density at radius 2 is 0.346 bits per heavy atom. The minimum absolute atomic E-state index is 0.918. The summed E-state index contributed by atoms with van der Waals surface area (Å²) in [7, 11) is 0. The van der Waals surface area contributed by atoms with Gasteiger partial charge in [0.1, 0.15) is 0 Å². The van der Waals surface area contributed by atoms with E-state index in [0.717, 1.165) is 0 Å². The van der Waals surface area contributed by atoms with Crippen LogP contribution in [0.3, 0.4) is 0 Å². The fourth-order valence-corrected chi connectivity index (χ4v) is 91.3. The molecule has 0 N–H and O–H groups in total. The molecule has 2 radical (unpaired) electrons. The van der Waals surface area contributed by atoms with Crippen molar-refractivity contribution in [1.82, 2.24) is 0 Å². The summed E-state index contributed by atoms with van der Waals surface area (Å²) in [6, 6.07) is 93.4.